The van der Waals surface area contributed by atoms with Gasteiger partial charge in [0.15, 0.2) is 0 Å². The molecule has 4 rings (SSSR count). The molecule has 6 heteroatoms. The van der Waals surface area contributed by atoms with Crippen molar-refractivity contribution in [3.8, 4) is 0 Å². The quantitative estimate of drug-likeness (QED) is 0.853. The molecule has 1 heterocycles. The highest BCUT2D eigenvalue weighted by Gasteiger charge is 2.51. The van der Waals surface area contributed by atoms with Crippen molar-refractivity contribution in [1.82, 2.24) is 14.5 Å². The van der Waals surface area contributed by atoms with Crippen molar-refractivity contribution >= 4 is 16.9 Å². The van der Waals surface area contributed by atoms with E-state index in [1.54, 1.807) is 0 Å². The second-order valence-electron chi connectivity index (χ2n) is 8.90. The molecule has 0 radical (unpaired) electrons. The molecular weight excluding hydrogens is 354 g/mol. The molecule has 2 saturated carbocycles. The van der Waals surface area contributed by atoms with Gasteiger partial charge in [-0.3, -0.25) is 9.36 Å². The first-order chi connectivity index (χ1) is 13.3. The van der Waals surface area contributed by atoms with Crippen LogP contribution in [0.4, 0.5) is 0 Å². The minimum Gasteiger partial charge on any atom is -0.378 e. The van der Waals surface area contributed by atoms with Gasteiger partial charge in [-0.15, -0.1) is 0 Å². The largest absolute Gasteiger partial charge is 0.378 e. The summed E-state index contributed by atoms with van der Waals surface area (Å²) in [5, 5.41) is 0. The summed E-state index contributed by atoms with van der Waals surface area (Å²) >= 11 is 0. The van der Waals surface area contributed by atoms with E-state index in [0.717, 1.165) is 30.3 Å². The minimum absolute atomic E-state index is 0.00983. The standard InChI is InChI=1S/C22H31N3O3/c1-5-28-19-13-18(22(19,2)3)24(4)20(26)14-10-11-17-16(12-14)23-21(27)25(17)15-8-6-7-9-15/h10-12,15,18-19H,5-9,13H2,1-4H3,(H,23,27)/t18-,19+/m0/s1. The molecular formula is C22H31N3O3. The van der Waals surface area contributed by atoms with Gasteiger partial charge in [-0.2, -0.15) is 0 Å². The van der Waals surface area contributed by atoms with Crippen LogP contribution in [-0.4, -0.2) is 46.2 Å². The highest BCUT2D eigenvalue weighted by molar-refractivity contribution is 5.97. The Balaban J connectivity index is 1.57. The lowest BCUT2D eigenvalue weighted by atomic mass is 9.63. The van der Waals surface area contributed by atoms with Crippen LogP contribution < -0.4 is 5.69 Å². The normalized spacial score (nSPS) is 24.4. The van der Waals surface area contributed by atoms with Crippen LogP contribution >= 0.6 is 0 Å². The Morgan fingerprint density at radius 1 is 1.32 bits per heavy atom. The number of nitrogens with one attached hydrogen (secondary N) is 1. The highest BCUT2D eigenvalue weighted by Crippen LogP contribution is 2.45. The molecule has 28 heavy (non-hydrogen) atoms. The molecule has 0 saturated heterocycles. The summed E-state index contributed by atoms with van der Waals surface area (Å²) in [6, 6.07) is 6.02. The third-order valence-corrected chi connectivity index (χ3v) is 6.94. The van der Waals surface area contributed by atoms with Crippen LogP contribution in [0.15, 0.2) is 23.0 Å². The van der Waals surface area contributed by atoms with E-state index >= 15 is 0 Å². The maximum Gasteiger partial charge on any atom is 0.326 e. The number of imidazole rings is 1. The molecule has 0 spiro atoms. The van der Waals surface area contributed by atoms with E-state index in [4.69, 9.17) is 4.74 Å². The van der Waals surface area contributed by atoms with Crippen LogP contribution in [0.1, 0.15) is 69.3 Å². The molecule has 1 amide bonds. The number of hydrogen-bond donors (Lipinski definition) is 1. The number of carbonyl (C=O) groups excluding carboxylic acids is 1. The number of fused-ring (bicyclic) bond motifs is 1. The molecule has 2 aliphatic carbocycles. The zero-order valence-corrected chi connectivity index (χ0v) is 17.3. The molecule has 152 valence electrons. The lowest BCUT2D eigenvalue weighted by Crippen LogP contribution is -2.62. The summed E-state index contributed by atoms with van der Waals surface area (Å²) < 4.78 is 7.68. The summed E-state index contributed by atoms with van der Waals surface area (Å²) in [6.07, 6.45) is 5.50. The van der Waals surface area contributed by atoms with Gasteiger partial charge in [-0.05, 0) is 44.4 Å². The predicted molar refractivity (Wildman–Crippen MR) is 110 cm³/mol. The SMILES string of the molecule is CCO[C@@H]1C[C@H](N(C)C(=O)c2ccc3c(c2)[nH]c(=O)n3C2CCCC2)C1(C)C. The van der Waals surface area contributed by atoms with Gasteiger partial charge in [0.2, 0.25) is 0 Å². The van der Waals surface area contributed by atoms with E-state index < -0.39 is 0 Å². The predicted octanol–water partition coefficient (Wildman–Crippen LogP) is 3.72. The van der Waals surface area contributed by atoms with Gasteiger partial charge >= 0.3 is 5.69 Å². The van der Waals surface area contributed by atoms with Crippen LogP contribution in [0, 0.1) is 5.41 Å². The van der Waals surface area contributed by atoms with Gasteiger partial charge in [0.1, 0.15) is 0 Å². The summed E-state index contributed by atoms with van der Waals surface area (Å²) in [7, 11) is 1.87. The number of rotatable bonds is 5. The molecule has 1 aromatic carbocycles. The van der Waals surface area contributed by atoms with Crippen molar-refractivity contribution in [2.45, 2.75) is 71.1 Å². The first-order valence-corrected chi connectivity index (χ1v) is 10.5. The second-order valence-corrected chi connectivity index (χ2v) is 8.90. The molecule has 0 bridgehead atoms. The number of H-pyrrole nitrogens is 1. The number of hydrogen-bond acceptors (Lipinski definition) is 3. The van der Waals surface area contributed by atoms with Gasteiger partial charge in [0.05, 0.1) is 17.1 Å². The van der Waals surface area contributed by atoms with E-state index in [-0.39, 0.29) is 35.2 Å². The van der Waals surface area contributed by atoms with Crippen molar-refractivity contribution in [1.29, 1.82) is 0 Å². The third kappa shape index (κ3) is 2.98. The van der Waals surface area contributed by atoms with Crippen LogP contribution in [-0.2, 0) is 4.74 Å². The fourth-order valence-electron chi connectivity index (χ4n) is 5.14. The zero-order valence-electron chi connectivity index (χ0n) is 17.3. The van der Waals surface area contributed by atoms with Gasteiger partial charge in [-0.25, -0.2) is 4.79 Å². The number of ether oxygens (including phenoxy) is 1. The number of aromatic nitrogens is 2. The van der Waals surface area contributed by atoms with E-state index in [0.29, 0.717) is 12.2 Å². The van der Waals surface area contributed by atoms with E-state index in [1.807, 2.05) is 41.6 Å². The minimum atomic E-state index is -0.0699. The monoisotopic (exact) mass is 385 g/mol. The van der Waals surface area contributed by atoms with Crippen molar-refractivity contribution in [3.63, 3.8) is 0 Å². The zero-order chi connectivity index (χ0) is 20.1. The molecule has 0 unspecified atom stereocenters. The lowest BCUT2D eigenvalue weighted by Gasteiger charge is -2.54. The second kappa shape index (κ2) is 7.07. The Morgan fingerprint density at radius 3 is 2.68 bits per heavy atom. The number of benzene rings is 1. The van der Waals surface area contributed by atoms with Crippen LogP contribution in [0.3, 0.4) is 0 Å². The average molecular weight is 386 g/mol. The highest BCUT2D eigenvalue weighted by atomic mass is 16.5. The number of aromatic amines is 1. The molecule has 1 aromatic heterocycles. The van der Waals surface area contributed by atoms with E-state index in [1.165, 1.54) is 12.8 Å². The van der Waals surface area contributed by atoms with Crippen molar-refractivity contribution in [2.24, 2.45) is 5.41 Å². The molecule has 2 aliphatic rings. The van der Waals surface area contributed by atoms with Gasteiger partial charge in [0.25, 0.3) is 5.91 Å². The fourth-order valence-corrected chi connectivity index (χ4v) is 5.14. The van der Waals surface area contributed by atoms with Crippen LogP contribution in [0.2, 0.25) is 0 Å². The Kier molecular flexibility index (Phi) is 4.86. The Morgan fingerprint density at radius 2 is 2.04 bits per heavy atom. The number of carbonyl (C=O) groups is 1. The van der Waals surface area contributed by atoms with E-state index in [9.17, 15) is 9.59 Å². The van der Waals surface area contributed by atoms with Crippen molar-refractivity contribution in [3.05, 3.63) is 34.2 Å². The smallest absolute Gasteiger partial charge is 0.326 e. The lowest BCUT2D eigenvalue weighted by molar-refractivity contribution is -0.136. The summed E-state index contributed by atoms with van der Waals surface area (Å²) in [5.41, 5.74) is 2.13. The maximum atomic E-state index is 13.1. The topological polar surface area (TPSA) is 67.3 Å². The summed E-state index contributed by atoms with van der Waals surface area (Å²) in [6.45, 7) is 7.02. The molecule has 2 aromatic rings. The van der Waals surface area contributed by atoms with Gasteiger partial charge in [0, 0.05) is 36.7 Å². The van der Waals surface area contributed by atoms with Crippen LogP contribution in [0.5, 0.6) is 0 Å². The van der Waals surface area contributed by atoms with Crippen molar-refractivity contribution in [2.75, 3.05) is 13.7 Å². The third-order valence-electron chi connectivity index (χ3n) is 6.94. The first-order valence-electron chi connectivity index (χ1n) is 10.5. The van der Waals surface area contributed by atoms with Gasteiger partial charge in [-0.1, -0.05) is 26.7 Å². The fraction of sp³-hybridized carbons (Fsp3) is 0.636. The molecule has 1 N–H and O–H groups in total. The number of amides is 1. The van der Waals surface area contributed by atoms with Gasteiger partial charge < -0.3 is 14.6 Å². The molecule has 2 atom stereocenters. The van der Waals surface area contributed by atoms with Crippen LogP contribution in [0.25, 0.3) is 11.0 Å². The first kappa shape index (κ1) is 19.2. The molecule has 6 nitrogen and oxygen atoms in total. The Bertz CT molecular complexity index is 936. The molecule has 0 aliphatic heterocycles. The number of nitrogens with zero attached hydrogens (tertiary/aromatic N) is 2. The average Bonchev–Trinajstić information content (AvgIpc) is 3.29. The van der Waals surface area contributed by atoms with E-state index in [2.05, 4.69) is 18.8 Å². The maximum absolute atomic E-state index is 13.1. The Labute approximate surface area is 165 Å². The van der Waals surface area contributed by atoms with Crippen molar-refractivity contribution < 1.29 is 9.53 Å². The summed E-state index contributed by atoms with van der Waals surface area (Å²) in [5.74, 6) is -0.00983. The summed E-state index contributed by atoms with van der Waals surface area (Å²) in [4.78, 5) is 30.4. The molecule has 2 fully saturated rings. The Hall–Kier alpha value is -2.08.